The topological polar surface area (TPSA) is 155 Å². The number of phosphoric ester groups is 1. The summed E-state index contributed by atoms with van der Waals surface area (Å²) in [6, 6.07) is 0. The number of aliphatic hydroxyl groups is 1. The summed E-state index contributed by atoms with van der Waals surface area (Å²) in [5.41, 5.74) is 0. The van der Waals surface area contributed by atoms with Crippen molar-refractivity contribution in [1.29, 1.82) is 0 Å². The maximum Gasteiger partial charge on any atom is 0.472 e. The first-order valence-electron chi connectivity index (χ1n) is 27.2. The van der Waals surface area contributed by atoms with Gasteiger partial charge in [-0.2, -0.15) is 0 Å². The van der Waals surface area contributed by atoms with Crippen LogP contribution < -0.4 is 0 Å². The second-order valence-electron chi connectivity index (χ2n) is 18.0. The van der Waals surface area contributed by atoms with Crippen molar-refractivity contribution in [1.82, 2.24) is 0 Å². The number of ether oxygens (including phenoxy) is 3. The summed E-state index contributed by atoms with van der Waals surface area (Å²) in [4.78, 5) is 48.3. The molecule has 12 heteroatoms. The predicted molar refractivity (Wildman–Crippen MR) is 279 cm³/mol. The summed E-state index contributed by atoms with van der Waals surface area (Å²) in [6.45, 7) is 4.47. The minimum atomic E-state index is -4.75. The number of hydrogen-bond acceptors (Lipinski definition) is 10. The summed E-state index contributed by atoms with van der Waals surface area (Å²) < 4.78 is 39.3. The number of rotatable bonds is 50. The molecule has 68 heavy (non-hydrogen) atoms. The fourth-order valence-electron chi connectivity index (χ4n) is 7.32. The zero-order valence-corrected chi connectivity index (χ0v) is 44.2. The van der Waals surface area contributed by atoms with E-state index in [1.54, 1.807) is 0 Å². The molecule has 0 amide bonds. The molecule has 0 aliphatic carbocycles. The molecule has 0 rings (SSSR count). The minimum absolute atomic E-state index is 0.130. The van der Waals surface area contributed by atoms with Gasteiger partial charge in [0, 0.05) is 19.3 Å². The Bertz CT molecular complexity index is 1370. The summed E-state index contributed by atoms with van der Waals surface area (Å²) in [5, 5.41) is 9.75. The number of carbonyl (C=O) groups is 3. The normalized spacial score (nSPS) is 13.9. The van der Waals surface area contributed by atoms with Crippen LogP contribution in [0.15, 0.2) is 60.8 Å². The smallest absolute Gasteiger partial charge is 0.462 e. The molecule has 0 spiro atoms. The molecule has 0 bridgehead atoms. The number of hydrogen-bond donors (Lipinski definition) is 2. The van der Waals surface area contributed by atoms with Gasteiger partial charge in [0.15, 0.2) is 6.10 Å². The Labute approximate surface area is 415 Å². The van der Waals surface area contributed by atoms with Crippen molar-refractivity contribution in [3.8, 4) is 0 Å². The maximum atomic E-state index is 12.9. The highest BCUT2D eigenvalue weighted by Crippen LogP contribution is 2.43. The third-order valence-electron chi connectivity index (χ3n) is 11.5. The summed E-state index contributed by atoms with van der Waals surface area (Å²) >= 11 is 0. The Hall–Kier alpha value is -2.82. The van der Waals surface area contributed by atoms with E-state index in [-0.39, 0.29) is 25.9 Å². The lowest BCUT2D eigenvalue weighted by Crippen LogP contribution is -2.30. The standard InChI is InChI=1S/C56H99O11P/c1-4-7-10-13-16-19-21-23-24-25-26-27-28-30-32-35-38-41-44-47-56(60)67-53(49-63-54(58)45-42-39-36-34-31-29-22-20-17-14-11-8-5-2)51-65-68(61,62)64-50-52(48-57)66-55(59)46-43-40-37-33-18-15-12-9-6-3/h7,10,16,19,23-24,26-27,30,32,52-53,57H,4-6,8-9,11-15,17-18,20-22,25,28-29,31,33-51H2,1-3H3,(H,61,62)/b10-7-,19-16-,24-23-,27-26-,32-30-. The third kappa shape index (κ3) is 48.2. The van der Waals surface area contributed by atoms with Crippen molar-refractivity contribution in [2.75, 3.05) is 26.4 Å². The first-order valence-corrected chi connectivity index (χ1v) is 28.7. The SMILES string of the molecule is CC/C=C\C/C=C\C/C=C\C/C=C\C/C=C\CCCCCC(=O)OC(COC(=O)CCCCCCCCCCCCCCC)COP(=O)(O)OCC(CO)OC(=O)CCCCCCCCCCC. The zero-order valence-electron chi connectivity index (χ0n) is 43.3. The van der Waals surface area contributed by atoms with Crippen molar-refractivity contribution in [2.24, 2.45) is 0 Å². The van der Waals surface area contributed by atoms with Crippen LogP contribution >= 0.6 is 7.82 Å². The molecule has 11 nitrogen and oxygen atoms in total. The molecule has 0 saturated carbocycles. The van der Waals surface area contributed by atoms with Gasteiger partial charge in [-0.25, -0.2) is 4.57 Å². The second kappa shape index (κ2) is 50.6. The van der Waals surface area contributed by atoms with Crippen LogP contribution in [0, 0.1) is 0 Å². The monoisotopic (exact) mass is 979 g/mol. The van der Waals surface area contributed by atoms with E-state index in [1.165, 1.54) is 89.9 Å². The Balaban J connectivity index is 4.78. The summed E-state index contributed by atoms with van der Waals surface area (Å²) in [6.07, 6.45) is 53.4. The number of esters is 3. The molecule has 0 aromatic rings. The highest BCUT2D eigenvalue weighted by molar-refractivity contribution is 7.47. The lowest BCUT2D eigenvalue weighted by Gasteiger charge is -2.21. The van der Waals surface area contributed by atoms with Gasteiger partial charge in [0.25, 0.3) is 0 Å². The first kappa shape index (κ1) is 65.2. The molecular formula is C56H99O11P. The molecule has 0 aliphatic heterocycles. The molecule has 3 atom stereocenters. The lowest BCUT2D eigenvalue weighted by molar-refractivity contribution is -0.161. The van der Waals surface area contributed by atoms with Gasteiger partial charge in [0.1, 0.15) is 12.7 Å². The fourth-order valence-corrected chi connectivity index (χ4v) is 8.11. The number of allylic oxidation sites excluding steroid dienone is 10. The molecule has 2 N–H and O–H groups in total. The first-order chi connectivity index (χ1) is 33.2. The van der Waals surface area contributed by atoms with E-state index >= 15 is 0 Å². The predicted octanol–water partition coefficient (Wildman–Crippen LogP) is 15.6. The quantitative estimate of drug-likeness (QED) is 0.0197. The third-order valence-corrected chi connectivity index (χ3v) is 12.4. The van der Waals surface area contributed by atoms with Crippen LogP contribution in [0.2, 0.25) is 0 Å². The zero-order chi connectivity index (χ0) is 49.9. The van der Waals surface area contributed by atoms with Crippen molar-refractivity contribution in [2.45, 2.75) is 251 Å². The molecule has 0 aromatic carbocycles. The van der Waals surface area contributed by atoms with Gasteiger partial charge >= 0.3 is 25.7 Å². The molecule has 394 valence electrons. The lowest BCUT2D eigenvalue weighted by atomic mass is 10.0. The Kier molecular flexibility index (Phi) is 48.5. The Morgan fingerprint density at radius 3 is 1.18 bits per heavy atom. The van der Waals surface area contributed by atoms with Gasteiger partial charge in [-0.15, -0.1) is 0 Å². The number of carbonyl (C=O) groups excluding carboxylic acids is 3. The average Bonchev–Trinajstić information content (AvgIpc) is 3.32. The molecular weight excluding hydrogens is 880 g/mol. The van der Waals surface area contributed by atoms with E-state index in [1.807, 2.05) is 0 Å². The summed E-state index contributed by atoms with van der Waals surface area (Å²) in [7, 11) is -4.75. The second-order valence-corrected chi connectivity index (χ2v) is 19.5. The molecule has 0 saturated heterocycles. The van der Waals surface area contributed by atoms with Crippen LogP contribution in [0.4, 0.5) is 0 Å². The van der Waals surface area contributed by atoms with Gasteiger partial charge in [-0.1, -0.05) is 216 Å². The van der Waals surface area contributed by atoms with Gasteiger partial charge in [0.05, 0.1) is 19.8 Å². The van der Waals surface area contributed by atoms with Crippen LogP contribution in [0.3, 0.4) is 0 Å². The average molecular weight is 979 g/mol. The number of phosphoric acid groups is 1. The number of unbranched alkanes of at least 4 members (excludes halogenated alkanes) is 23. The maximum absolute atomic E-state index is 12.9. The molecule has 0 aliphatic rings. The van der Waals surface area contributed by atoms with E-state index in [0.29, 0.717) is 19.3 Å². The van der Waals surface area contributed by atoms with Gasteiger partial charge in [0.2, 0.25) is 0 Å². The fraction of sp³-hybridized carbons (Fsp3) is 0.768. The highest BCUT2D eigenvalue weighted by Gasteiger charge is 2.28. The van der Waals surface area contributed by atoms with Crippen molar-refractivity contribution in [3.05, 3.63) is 60.8 Å². The van der Waals surface area contributed by atoms with Crippen LogP contribution in [0.25, 0.3) is 0 Å². The van der Waals surface area contributed by atoms with Crippen LogP contribution in [-0.2, 0) is 42.2 Å². The van der Waals surface area contributed by atoms with E-state index in [9.17, 15) is 28.9 Å². The van der Waals surface area contributed by atoms with Gasteiger partial charge in [-0.3, -0.25) is 23.4 Å². The highest BCUT2D eigenvalue weighted by atomic mass is 31.2. The molecule has 0 fully saturated rings. The van der Waals surface area contributed by atoms with Crippen LogP contribution in [0.1, 0.15) is 239 Å². The van der Waals surface area contributed by atoms with Crippen molar-refractivity contribution >= 4 is 25.7 Å². The number of aliphatic hydroxyl groups excluding tert-OH is 1. The molecule has 0 heterocycles. The van der Waals surface area contributed by atoms with Gasteiger partial charge < -0.3 is 24.2 Å². The minimum Gasteiger partial charge on any atom is -0.462 e. The Morgan fingerprint density at radius 2 is 0.765 bits per heavy atom. The molecule has 3 unspecified atom stereocenters. The molecule has 0 aromatic heterocycles. The van der Waals surface area contributed by atoms with Crippen LogP contribution in [-0.4, -0.2) is 66.5 Å². The van der Waals surface area contributed by atoms with E-state index < -0.39 is 57.8 Å². The Morgan fingerprint density at radius 1 is 0.426 bits per heavy atom. The summed E-state index contributed by atoms with van der Waals surface area (Å²) in [5.74, 6) is -1.50. The van der Waals surface area contributed by atoms with Crippen molar-refractivity contribution in [3.63, 3.8) is 0 Å². The van der Waals surface area contributed by atoms with Crippen molar-refractivity contribution < 1.29 is 52.2 Å². The largest absolute Gasteiger partial charge is 0.472 e. The van der Waals surface area contributed by atoms with Crippen LogP contribution in [0.5, 0.6) is 0 Å². The van der Waals surface area contributed by atoms with E-state index in [2.05, 4.69) is 81.5 Å². The van der Waals surface area contributed by atoms with E-state index in [4.69, 9.17) is 23.3 Å². The molecule has 0 radical (unpaired) electrons. The van der Waals surface area contributed by atoms with E-state index in [0.717, 1.165) is 89.9 Å². The van der Waals surface area contributed by atoms with Gasteiger partial charge in [-0.05, 0) is 64.2 Å².